The van der Waals surface area contributed by atoms with Gasteiger partial charge in [0.2, 0.25) is 0 Å². The average Bonchev–Trinajstić information content (AvgIpc) is 3.02. The molecule has 0 N–H and O–H groups in total. The minimum absolute atomic E-state index is 1.20. The number of hydrogen-bond donors (Lipinski definition) is 0. The second kappa shape index (κ2) is 4.95. The summed E-state index contributed by atoms with van der Waals surface area (Å²) in [6.07, 6.45) is 24.3. The monoisotopic (exact) mass is 353 g/mol. The van der Waals surface area contributed by atoms with Crippen LogP contribution in [0.15, 0.2) is 58.7 Å². The molecular weight excluding hydrogens is 337 g/mol. The van der Waals surface area contributed by atoms with Gasteiger partial charge in [0.05, 0.1) is 0 Å². The van der Waals surface area contributed by atoms with Crippen molar-refractivity contribution in [3.05, 3.63) is 58.7 Å². The van der Waals surface area contributed by atoms with Crippen LogP contribution in [-0.2, 0) is 0 Å². The molecule has 0 aromatic heterocycles. The van der Waals surface area contributed by atoms with Crippen LogP contribution in [0.5, 0.6) is 0 Å². The normalized spacial score (nSPS) is 22.5. The Balaban J connectivity index is 1.89. The van der Waals surface area contributed by atoms with E-state index < -0.39 is 33.8 Å². The summed E-state index contributed by atoms with van der Waals surface area (Å²) in [5.41, 5.74) is 0. The van der Waals surface area contributed by atoms with Crippen molar-refractivity contribution in [1.29, 1.82) is 0 Å². The summed E-state index contributed by atoms with van der Waals surface area (Å²) in [6.45, 7) is 0. The van der Waals surface area contributed by atoms with E-state index in [0.29, 0.717) is 0 Å². The van der Waals surface area contributed by atoms with Crippen molar-refractivity contribution in [3.63, 3.8) is 0 Å². The average molecular weight is 353 g/mol. The molecule has 3 aliphatic carbocycles. The summed E-state index contributed by atoms with van der Waals surface area (Å²) in [6, 6.07) is 0. The first-order valence-electron chi connectivity index (χ1n) is 5.68. The molecule has 0 radical (unpaired) electrons. The van der Waals surface area contributed by atoms with E-state index in [4.69, 9.17) is 0 Å². The molecule has 0 saturated heterocycles. The Kier molecular flexibility index (Phi) is 3.37. The molecule has 0 aromatic carbocycles. The third-order valence-corrected chi connectivity index (χ3v) is 9.73. The number of hydrogen-bond acceptors (Lipinski definition) is 0. The molecule has 0 bridgehead atoms. The molecule has 0 heterocycles. The molecule has 0 aromatic rings. The van der Waals surface area contributed by atoms with Crippen LogP contribution in [0.4, 0.5) is 0 Å². The van der Waals surface area contributed by atoms with Gasteiger partial charge in [-0.2, -0.15) is 0 Å². The number of allylic oxidation sites excluding steroid dienone is 12. The molecule has 16 heavy (non-hydrogen) atoms. The Morgan fingerprint density at radius 1 is 0.625 bits per heavy atom. The zero-order valence-electron chi connectivity index (χ0n) is 9.17. The third kappa shape index (κ3) is 2.09. The first kappa shape index (κ1) is 10.9. The quantitative estimate of drug-likeness (QED) is 0.716. The Bertz CT molecular complexity index is 398. The third-order valence-electron chi connectivity index (χ3n) is 2.83. The van der Waals surface area contributed by atoms with E-state index in [0.717, 1.165) is 0 Å². The molecule has 0 aliphatic heterocycles. The SMILES string of the molecule is C1=CC[C]([Gd]([C]2=CC=CC2)[C]2=CC=CC2)=C1. The standard InChI is InChI=1S/3C5H5.Gd/c3*1-2-4-5-3-1;/h3*1-3H,4H2;. The van der Waals surface area contributed by atoms with Crippen molar-refractivity contribution in [1.82, 2.24) is 0 Å². The van der Waals surface area contributed by atoms with Crippen molar-refractivity contribution >= 4 is 0 Å². The minimum atomic E-state index is -1.41. The van der Waals surface area contributed by atoms with Crippen molar-refractivity contribution in [3.8, 4) is 0 Å². The molecule has 0 saturated carbocycles. The van der Waals surface area contributed by atoms with E-state index in [1.54, 1.807) is 4.06 Å². The van der Waals surface area contributed by atoms with Crippen LogP contribution in [-0.4, -0.2) is 0 Å². The molecule has 0 spiro atoms. The Labute approximate surface area is 111 Å². The second-order valence-corrected chi connectivity index (χ2v) is 10.0. The van der Waals surface area contributed by atoms with E-state index in [9.17, 15) is 0 Å². The van der Waals surface area contributed by atoms with E-state index >= 15 is 0 Å². The fraction of sp³-hybridized carbons (Fsp3) is 0.200. The Morgan fingerprint density at radius 3 is 1.25 bits per heavy atom. The molecule has 0 fully saturated rings. The van der Waals surface area contributed by atoms with Crippen LogP contribution in [0.2, 0.25) is 0 Å². The van der Waals surface area contributed by atoms with Gasteiger partial charge in [-0.05, 0) is 0 Å². The maximum absolute atomic E-state index is 2.37. The Hall–Kier alpha value is -0.235. The van der Waals surface area contributed by atoms with Crippen molar-refractivity contribution < 1.29 is 33.8 Å². The van der Waals surface area contributed by atoms with Gasteiger partial charge in [0.25, 0.3) is 0 Å². The summed E-state index contributed by atoms with van der Waals surface area (Å²) < 4.78 is 5.21. The topological polar surface area (TPSA) is 0 Å². The zero-order valence-corrected chi connectivity index (χ0v) is 11.4. The van der Waals surface area contributed by atoms with Gasteiger partial charge in [0, 0.05) is 0 Å². The van der Waals surface area contributed by atoms with Crippen LogP contribution < -0.4 is 0 Å². The van der Waals surface area contributed by atoms with Gasteiger partial charge in [-0.1, -0.05) is 0 Å². The predicted octanol–water partition coefficient (Wildman–Crippen LogP) is 4.14. The van der Waals surface area contributed by atoms with E-state index in [-0.39, 0.29) is 0 Å². The molecule has 3 aliphatic rings. The fourth-order valence-electron chi connectivity index (χ4n) is 2.08. The van der Waals surface area contributed by atoms with Gasteiger partial charge in [-0.25, -0.2) is 0 Å². The number of rotatable bonds is 3. The second-order valence-electron chi connectivity index (χ2n) is 3.96. The Morgan fingerprint density at radius 2 is 1.00 bits per heavy atom. The van der Waals surface area contributed by atoms with E-state index in [1.165, 1.54) is 19.3 Å². The first-order valence-corrected chi connectivity index (χ1v) is 9.08. The van der Waals surface area contributed by atoms with Gasteiger partial charge >= 0.3 is 112 Å². The van der Waals surface area contributed by atoms with Crippen LogP contribution in [0, 0.1) is 33.8 Å². The fourth-order valence-corrected chi connectivity index (χ4v) is 8.87. The van der Waals surface area contributed by atoms with Crippen LogP contribution in [0.3, 0.4) is 0 Å². The molecule has 0 unspecified atom stereocenters. The van der Waals surface area contributed by atoms with E-state index in [2.05, 4.69) is 54.7 Å². The van der Waals surface area contributed by atoms with Crippen LogP contribution in [0.1, 0.15) is 19.3 Å². The van der Waals surface area contributed by atoms with Crippen molar-refractivity contribution in [2.75, 3.05) is 0 Å². The molecule has 0 atom stereocenters. The summed E-state index contributed by atoms with van der Waals surface area (Å²) in [5.74, 6) is 0. The van der Waals surface area contributed by atoms with Gasteiger partial charge in [0.15, 0.2) is 0 Å². The summed E-state index contributed by atoms with van der Waals surface area (Å²) >= 11 is -1.41. The summed E-state index contributed by atoms with van der Waals surface area (Å²) in [5, 5.41) is 0. The molecule has 0 nitrogen and oxygen atoms in total. The maximum atomic E-state index is 2.37. The molecule has 83 valence electrons. The van der Waals surface area contributed by atoms with Gasteiger partial charge in [0.1, 0.15) is 0 Å². The van der Waals surface area contributed by atoms with Crippen molar-refractivity contribution in [2.45, 2.75) is 19.3 Å². The van der Waals surface area contributed by atoms with Crippen LogP contribution >= 0.6 is 0 Å². The molecule has 3 rings (SSSR count). The molecule has 0 amide bonds. The molecule has 1 heteroatoms. The van der Waals surface area contributed by atoms with Gasteiger partial charge < -0.3 is 0 Å². The summed E-state index contributed by atoms with van der Waals surface area (Å²) in [4.78, 5) is 0. The van der Waals surface area contributed by atoms with Crippen LogP contribution in [0.25, 0.3) is 0 Å². The first-order chi connectivity index (χ1) is 7.95. The molecular formula is C15H15Gd. The predicted molar refractivity (Wildman–Crippen MR) is 65.5 cm³/mol. The van der Waals surface area contributed by atoms with Crippen molar-refractivity contribution in [2.24, 2.45) is 0 Å². The van der Waals surface area contributed by atoms with Gasteiger partial charge in [-0.3, -0.25) is 0 Å². The van der Waals surface area contributed by atoms with E-state index in [1.807, 2.05) is 0 Å². The summed E-state index contributed by atoms with van der Waals surface area (Å²) in [7, 11) is 0. The zero-order chi connectivity index (χ0) is 10.8. The van der Waals surface area contributed by atoms with Gasteiger partial charge in [-0.15, -0.1) is 0 Å².